The summed E-state index contributed by atoms with van der Waals surface area (Å²) in [6, 6.07) is 11.5. The van der Waals surface area contributed by atoms with E-state index in [1.807, 2.05) is 0 Å². The zero-order chi connectivity index (χ0) is 18.7. The van der Waals surface area contributed by atoms with E-state index in [9.17, 15) is 18.0 Å². The Morgan fingerprint density at radius 3 is 2.31 bits per heavy atom. The van der Waals surface area contributed by atoms with Crippen LogP contribution in [0.4, 0.5) is 24.7 Å². The van der Waals surface area contributed by atoms with Crippen molar-refractivity contribution in [2.24, 2.45) is 0 Å². The molecule has 26 heavy (non-hydrogen) atoms. The average Bonchev–Trinajstić information content (AvgIpc) is 3.09. The van der Waals surface area contributed by atoms with Gasteiger partial charge in [0.1, 0.15) is 10.8 Å². The molecule has 4 nitrogen and oxygen atoms in total. The Hall–Kier alpha value is -2.87. The molecule has 0 aliphatic heterocycles. The van der Waals surface area contributed by atoms with Gasteiger partial charge in [-0.1, -0.05) is 12.1 Å². The molecule has 3 aromatic rings. The van der Waals surface area contributed by atoms with Gasteiger partial charge >= 0.3 is 12.1 Å². The van der Waals surface area contributed by atoms with Crippen LogP contribution in [-0.2, 0) is 10.9 Å². The zero-order valence-electron chi connectivity index (χ0n) is 13.5. The van der Waals surface area contributed by atoms with Crippen molar-refractivity contribution in [3.8, 4) is 10.6 Å². The Morgan fingerprint density at radius 2 is 1.73 bits per heavy atom. The monoisotopic (exact) mass is 378 g/mol. The summed E-state index contributed by atoms with van der Waals surface area (Å²) in [5, 5.41) is 5.45. The number of anilines is 2. The lowest BCUT2D eigenvalue weighted by Gasteiger charge is -2.08. The van der Waals surface area contributed by atoms with Crippen molar-refractivity contribution in [3.05, 3.63) is 65.0 Å². The minimum atomic E-state index is -4.36. The summed E-state index contributed by atoms with van der Waals surface area (Å²) in [5.41, 5.74) is 1.07. The predicted molar refractivity (Wildman–Crippen MR) is 93.6 cm³/mol. The average molecular weight is 378 g/mol. The molecule has 0 amide bonds. The van der Waals surface area contributed by atoms with Crippen molar-refractivity contribution in [1.29, 1.82) is 0 Å². The van der Waals surface area contributed by atoms with Gasteiger partial charge in [0.25, 0.3) is 0 Å². The van der Waals surface area contributed by atoms with E-state index in [-0.39, 0.29) is 0 Å². The summed E-state index contributed by atoms with van der Waals surface area (Å²) in [7, 11) is 1.32. The molecule has 2 aromatic carbocycles. The molecule has 0 unspecified atom stereocenters. The topological polar surface area (TPSA) is 51.2 Å². The van der Waals surface area contributed by atoms with Gasteiger partial charge in [0.15, 0.2) is 0 Å². The second-order valence-electron chi connectivity index (χ2n) is 5.31. The highest BCUT2D eigenvalue weighted by Gasteiger charge is 2.29. The molecule has 0 aliphatic carbocycles. The van der Waals surface area contributed by atoms with Crippen LogP contribution in [0.5, 0.6) is 0 Å². The molecule has 0 saturated carbocycles. The smallest absolute Gasteiger partial charge is 0.416 e. The fraction of sp³-hybridized carbons (Fsp3) is 0.111. The Morgan fingerprint density at radius 1 is 1.08 bits per heavy atom. The quantitative estimate of drug-likeness (QED) is 0.621. The number of carbonyl (C=O) groups excluding carboxylic acids is 1. The number of alkyl halides is 3. The summed E-state index contributed by atoms with van der Waals surface area (Å²) in [6.07, 6.45) is -4.36. The second kappa shape index (κ2) is 7.17. The molecule has 8 heteroatoms. The van der Waals surface area contributed by atoms with E-state index in [1.54, 1.807) is 29.6 Å². The van der Waals surface area contributed by atoms with E-state index < -0.39 is 17.7 Å². The van der Waals surface area contributed by atoms with Crippen LogP contribution in [0.2, 0.25) is 0 Å². The third kappa shape index (κ3) is 4.02. The Labute approximate surface area is 151 Å². The number of carbonyl (C=O) groups is 1. The first-order valence-electron chi connectivity index (χ1n) is 7.45. The van der Waals surface area contributed by atoms with Crippen LogP contribution in [0.1, 0.15) is 15.9 Å². The fourth-order valence-electron chi connectivity index (χ4n) is 2.22. The van der Waals surface area contributed by atoms with Gasteiger partial charge in [-0.15, -0.1) is 11.3 Å². The molecular weight excluding hydrogens is 365 g/mol. The van der Waals surface area contributed by atoms with Crippen LogP contribution >= 0.6 is 11.3 Å². The lowest BCUT2D eigenvalue weighted by atomic mass is 10.1. The van der Waals surface area contributed by atoms with Crippen molar-refractivity contribution >= 4 is 28.8 Å². The summed E-state index contributed by atoms with van der Waals surface area (Å²) in [6.45, 7) is 0. The van der Waals surface area contributed by atoms with Crippen molar-refractivity contribution in [2.75, 3.05) is 12.4 Å². The second-order valence-corrected chi connectivity index (χ2v) is 6.17. The van der Waals surface area contributed by atoms with Crippen LogP contribution in [0.15, 0.2) is 53.9 Å². The molecule has 134 valence electrons. The van der Waals surface area contributed by atoms with Crippen molar-refractivity contribution in [2.45, 2.75) is 6.18 Å². The molecule has 0 aliphatic rings. The summed E-state index contributed by atoms with van der Waals surface area (Å²) in [4.78, 5) is 15.8. The van der Waals surface area contributed by atoms with Gasteiger partial charge in [-0.25, -0.2) is 9.78 Å². The summed E-state index contributed by atoms with van der Waals surface area (Å²) in [5.74, 6) is 0.113. The van der Waals surface area contributed by atoms with Crippen molar-refractivity contribution in [3.63, 3.8) is 0 Å². The number of hydrogen-bond acceptors (Lipinski definition) is 5. The molecule has 1 N–H and O–H groups in total. The van der Waals surface area contributed by atoms with E-state index in [0.717, 1.165) is 22.7 Å². The lowest BCUT2D eigenvalue weighted by Crippen LogP contribution is -2.04. The number of thiazole rings is 1. The van der Waals surface area contributed by atoms with Crippen LogP contribution in [0.25, 0.3) is 10.6 Å². The molecule has 0 radical (unpaired) electrons. The van der Waals surface area contributed by atoms with E-state index in [1.165, 1.54) is 30.6 Å². The van der Waals surface area contributed by atoms with E-state index in [2.05, 4.69) is 15.0 Å². The van der Waals surface area contributed by atoms with Gasteiger partial charge < -0.3 is 10.1 Å². The first-order chi connectivity index (χ1) is 12.4. The van der Waals surface area contributed by atoms with Crippen LogP contribution in [-0.4, -0.2) is 18.1 Å². The third-order valence-electron chi connectivity index (χ3n) is 3.54. The zero-order valence-corrected chi connectivity index (χ0v) is 14.3. The van der Waals surface area contributed by atoms with Gasteiger partial charge in [-0.3, -0.25) is 0 Å². The summed E-state index contributed by atoms with van der Waals surface area (Å²) >= 11 is 1.38. The van der Waals surface area contributed by atoms with E-state index in [4.69, 9.17) is 0 Å². The van der Waals surface area contributed by atoms with E-state index >= 15 is 0 Å². The highest BCUT2D eigenvalue weighted by atomic mass is 32.1. The lowest BCUT2D eigenvalue weighted by molar-refractivity contribution is -0.137. The number of methoxy groups -OCH3 is 1. The van der Waals surface area contributed by atoms with Gasteiger partial charge in [0.05, 0.1) is 18.2 Å². The molecule has 0 spiro atoms. The molecule has 3 rings (SSSR count). The third-order valence-corrected chi connectivity index (χ3v) is 4.43. The number of benzene rings is 2. The van der Waals surface area contributed by atoms with Crippen LogP contribution < -0.4 is 5.32 Å². The molecule has 1 aromatic heterocycles. The van der Waals surface area contributed by atoms with Crippen LogP contribution in [0, 0.1) is 0 Å². The van der Waals surface area contributed by atoms with E-state index in [0.29, 0.717) is 17.1 Å². The maximum atomic E-state index is 12.6. The maximum Gasteiger partial charge on any atom is 0.416 e. The number of ether oxygens (including phenoxy) is 1. The number of nitrogens with one attached hydrogen (secondary N) is 1. The Kier molecular flexibility index (Phi) is 4.94. The van der Waals surface area contributed by atoms with Crippen LogP contribution in [0.3, 0.4) is 0 Å². The minimum absolute atomic E-state index is 0.416. The normalized spacial score (nSPS) is 11.2. The van der Waals surface area contributed by atoms with Gasteiger partial charge in [0, 0.05) is 16.6 Å². The maximum absolute atomic E-state index is 12.6. The number of halogens is 3. The van der Waals surface area contributed by atoms with Crippen molar-refractivity contribution in [1.82, 2.24) is 4.98 Å². The number of esters is 1. The minimum Gasteiger partial charge on any atom is -0.465 e. The van der Waals surface area contributed by atoms with Gasteiger partial charge in [-0.05, 0) is 36.4 Å². The fourth-order valence-corrected chi connectivity index (χ4v) is 2.98. The number of aromatic nitrogens is 1. The highest BCUT2D eigenvalue weighted by Crippen LogP contribution is 2.31. The molecule has 0 atom stereocenters. The molecular formula is C18H13F3N2O2S. The SMILES string of the molecule is COC(=O)c1ccc(-c2nc(Nc3ccc(C(F)(F)F)cc3)cs2)cc1. The highest BCUT2D eigenvalue weighted by molar-refractivity contribution is 7.13. The Bertz CT molecular complexity index is 903. The van der Waals surface area contributed by atoms with Gasteiger partial charge in [0.2, 0.25) is 0 Å². The first-order valence-corrected chi connectivity index (χ1v) is 8.33. The standard InChI is InChI=1S/C18H13F3N2O2S/c1-25-17(24)12-4-2-11(3-5-12)16-23-15(10-26-16)22-14-8-6-13(7-9-14)18(19,20)21/h2-10,22H,1H3. The molecule has 0 saturated heterocycles. The predicted octanol–water partition coefficient (Wildman–Crippen LogP) is 5.36. The van der Waals surface area contributed by atoms with Crippen molar-refractivity contribution < 1.29 is 22.7 Å². The number of rotatable bonds is 4. The summed E-state index contributed by atoms with van der Waals surface area (Å²) < 4.78 is 42.4. The Balaban J connectivity index is 1.73. The van der Waals surface area contributed by atoms with Gasteiger partial charge in [-0.2, -0.15) is 13.2 Å². The molecule has 0 bridgehead atoms. The largest absolute Gasteiger partial charge is 0.465 e. The number of nitrogens with zero attached hydrogens (tertiary/aromatic N) is 1. The first kappa shape index (κ1) is 17.9. The molecule has 0 fully saturated rings. The number of hydrogen-bond donors (Lipinski definition) is 1. The molecule has 1 heterocycles.